The van der Waals surface area contributed by atoms with Crippen LogP contribution in [0.4, 0.5) is 0 Å². The Hall–Kier alpha value is -2.16. The summed E-state index contributed by atoms with van der Waals surface area (Å²) >= 11 is 11.9. The van der Waals surface area contributed by atoms with Crippen LogP contribution >= 0.6 is 23.2 Å². The molecule has 0 aliphatic carbocycles. The molecule has 0 aliphatic heterocycles. The Bertz CT molecular complexity index is 696. The van der Waals surface area contributed by atoms with Crippen molar-refractivity contribution in [3.8, 4) is 0 Å². The molecule has 0 heterocycles. The lowest BCUT2D eigenvalue weighted by molar-refractivity contribution is -0.130. The lowest BCUT2D eigenvalue weighted by Crippen LogP contribution is -2.06. The highest BCUT2D eigenvalue weighted by molar-refractivity contribution is 6.47. The standard InChI is InChI=1S/C18H12Cl2O2/c19-15-7-3-1-5-13(15)9-11-17(21)18(22)12-10-14-6-2-4-8-16(14)20/h1-12H/b11-9+,12-10+. The lowest BCUT2D eigenvalue weighted by atomic mass is 10.1. The summed E-state index contributed by atoms with van der Waals surface area (Å²) in [5.41, 5.74) is 1.36. The van der Waals surface area contributed by atoms with Crippen LogP contribution in [-0.2, 0) is 9.59 Å². The van der Waals surface area contributed by atoms with Crippen LogP contribution in [0.5, 0.6) is 0 Å². The number of carbonyl (C=O) groups is 2. The van der Waals surface area contributed by atoms with Gasteiger partial charge in [-0.15, -0.1) is 0 Å². The third-order valence-electron chi connectivity index (χ3n) is 2.88. The molecule has 4 heteroatoms. The molecule has 0 unspecified atom stereocenters. The average molecular weight is 331 g/mol. The number of rotatable bonds is 5. The maximum atomic E-state index is 11.8. The summed E-state index contributed by atoms with van der Waals surface area (Å²) in [7, 11) is 0. The fourth-order valence-electron chi connectivity index (χ4n) is 1.72. The monoisotopic (exact) mass is 330 g/mol. The van der Waals surface area contributed by atoms with Gasteiger partial charge in [-0.3, -0.25) is 9.59 Å². The summed E-state index contributed by atoms with van der Waals surface area (Å²) in [6.07, 6.45) is 5.46. The highest BCUT2D eigenvalue weighted by atomic mass is 35.5. The van der Waals surface area contributed by atoms with Gasteiger partial charge in [0.05, 0.1) is 0 Å². The smallest absolute Gasteiger partial charge is 0.225 e. The van der Waals surface area contributed by atoms with Crippen molar-refractivity contribution in [2.45, 2.75) is 0 Å². The second-order valence-electron chi connectivity index (χ2n) is 4.44. The predicted molar refractivity (Wildman–Crippen MR) is 91.0 cm³/mol. The molecular formula is C18H12Cl2O2. The first-order valence-electron chi connectivity index (χ1n) is 6.51. The van der Waals surface area contributed by atoms with Crippen molar-refractivity contribution in [1.29, 1.82) is 0 Å². The summed E-state index contributed by atoms with van der Waals surface area (Å²) in [5, 5.41) is 1.04. The molecule has 0 bridgehead atoms. The molecule has 0 fully saturated rings. The Balaban J connectivity index is 2.06. The molecule has 0 radical (unpaired) electrons. The van der Waals surface area contributed by atoms with Gasteiger partial charge in [-0.2, -0.15) is 0 Å². The number of halogens is 2. The molecule has 0 aliphatic rings. The van der Waals surface area contributed by atoms with Crippen LogP contribution in [0.25, 0.3) is 12.2 Å². The van der Waals surface area contributed by atoms with Crippen LogP contribution in [0.1, 0.15) is 11.1 Å². The number of ketones is 2. The largest absolute Gasteiger partial charge is 0.286 e. The van der Waals surface area contributed by atoms with Crippen LogP contribution in [0, 0.1) is 0 Å². The molecule has 0 spiro atoms. The Labute approximate surface area is 138 Å². The molecule has 2 aromatic carbocycles. The van der Waals surface area contributed by atoms with Crippen LogP contribution < -0.4 is 0 Å². The molecule has 0 saturated heterocycles. The Morgan fingerprint density at radius 3 is 1.41 bits per heavy atom. The molecule has 2 rings (SSSR count). The normalized spacial score (nSPS) is 11.2. The third-order valence-corrected chi connectivity index (χ3v) is 3.57. The molecule has 0 aromatic heterocycles. The molecule has 110 valence electrons. The Morgan fingerprint density at radius 2 is 1.05 bits per heavy atom. The topological polar surface area (TPSA) is 34.1 Å². The van der Waals surface area contributed by atoms with E-state index in [0.29, 0.717) is 21.2 Å². The van der Waals surface area contributed by atoms with Crippen molar-refractivity contribution in [3.05, 3.63) is 81.9 Å². The average Bonchev–Trinajstić information content (AvgIpc) is 2.52. The van der Waals surface area contributed by atoms with Gasteiger partial charge in [0.15, 0.2) is 0 Å². The molecular weight excluding hydrogens is 319 g/mol. The minimum Gasteiger partial charge on any atom is -0.286 e. The first-order valence-corrected chi connectivity index (χ1v) is 7.27. The minimum atomic E-state index is -0.622. The van der Waals surface area contributed by atoms with Crippen LogP contribution in [0.2, 0.25) is 10.0 Å². The van der Waals surface area contributed by atoms with E-state index in [0.717, 1.165) is 0 Å². The van der Waals surface area contributed by atoms with Gasteiger partial charge in [-0.1, -0.05) is 59.6 Å². The van der Waals surface area contributed by atoms with Crippen molar-refractivity contribution in [2.24, 2.45) is 0 Å². The summed E-state index contributed by atoms with van der Waals surface area (Å²) in [4.78, 5) is 23.5. The first kappa shape index (κ1) is 16.2. The van der Waals surface area contributed by atoms with Crippen molar-refractivity contribution >= 4 is 46.9 Å². The van der Waals surface area contributed by atoms with E-state index < -0.39 is 11.6 Å². The third kappa shape index (κ3) is 4.42. The quantitative estimate of drug-likeness (QED) is 0.579. The summed E-state index contributed by atoms with van der Waals surface area (Å²) in [6.45, 7) is 0. The van der Waals surface area contributed by atoms with Crippen molar-refractivity contribution in [2.75, 3.05) is 0 Å². The number of allylic oxidation sites excluding steroid dienone is 2. The summed E-state index contributed by atoms with van der Waals surface area (Å²) < 4.78 is 0. The predicted octanol–water partition coefficient (Wildman–Crippen LogP) is 4.86. The zero-order chi connectivity index (χ0) is 15.9. The molecule has 0 atom stereocenters. The summed E-state index contributed by atoms with van der Waals surface area (Å²) in [5.74, 6) is -1.24. The molecule has 2 aromatic rings. The van der Waals surface area contributed by atoms with E-state index in [9.17, 15) is 9.59 Å². The van der Waals surface area contributed by atoms with E-state index in [-0.39, 0.29) is 0 Å². The van der Waals surface area contributed by atoms with E-state index in [1.165, 1.54) is 24.3 Å². The number of hydrogen-bond donors (Lipinski definition) is 0. The molecule has 0 amide bonds. The van der Waals surface area contributed by atoms with Gasteiger partial charge in [0.2, 0.25) is 11.6 Å². The van der Waals surface area contributed by atoms with Gasteiger partial charge in [-0.25, -0.2) is 0 Å². The van der Waals surface area contributed by atoms with Crippen LogP contribution in [0.15, 0.2) is 60.7 Å². The van der Waals surface area contributed by atoms with E-state index >= 15 is 0 Å². The van der Waals surface area contributed by atoms with E-state index in [4.69, 9.17) is 23.2 Å². The first-order chi connectivity index (χ1) is 10.6. The second kappa shape index (κ2) is 7.74. The van der Waals surface area contributed by atoms with E-state index in [1.54, 1.807) is 48.5 Å². The SMILES string of the molecule is O=C(/C=C/c1ccccc1Cl)C(=O)/C=C/c1ccccc1Cl. The van der Waals surface area contributed by atoms with Crippen molar-refractivity contribution in [1.82, 2.24) is 0 Å². The molecule has 22 heavy (non-hydrogen) atoms. The fraction of sp³-hybridized carbons (Fsp3) is 0. The summed E-state index contributed by atoms with van der Waals surface area (Å²) in [6, 6.07) is 14.1. The van der Waals surface area contributed by atoms with Crippen LogP contribution in [-0.4, -0.2) is 11.6 Å². The van der Waals surface area contributed by atoms with Gasteiger partial charge in [0, 0.05) is 10.0 Å². The Kier molecular flexibility index (Phi) is 5.70. The highest BCUT2D eigenvalue weighted by Gasteiger charge is 2.06. The van der Waals surface area contributed by atoms with Gasteiger partial charge in [0.1, 0.15) is 0 Å². The molecule has 2 nitrogen and oxygen atoms in total. The number of benzene rings is 2. The lowest BCUT2D eigenvalue weighted by Gasteiger charge is -1.96. The van der Waals surface area contributed by atoms with Gasteiger partial charge >= 0.3 is 0 Å². The zero-order valence-corrected chi connectivity index (χ0v) is 13.0. The zero-order valence-electron chi connectivity index (χ0n) is 11.5. The van der Waals surface area contributed by atoms with E-state index in [2.05, 4.69) is 0 Å². The fourth-order valence-corrected chi connectivity index (χ4v) is 2.11. The number of carbonyl (C=O) groups excluding carboxylic acids is 2. The van der Waals surface area contributed by atoms with E-state index in [1.807, 2.05) is 0 Å². The van der Waals surface area contributed by atoms with Crippen molar-refractivity contribution in [3.63, 3.8) is 0 Å². The highest BCUT2D eigenvalue weighted by Crippen LogP contribution is 2.17. The minimum absolute atomic E-state index is 0.519. The maximum Gasteiger partial charge on any atom is 0.225 e. The van der Waals surface area contributed by atoms with Gasteiger partial charge in [0.25, 0.3) is 0 Å². The maximum absolute atomic E-state index is 11.8. The van der Waals surface area contributed by atoms with Crippen molar-refractivity contribution < 1.29 is 9.59 Å². The Morgan fingerprint density at radius 1 is 0.682 bits per heavy atom. The van der Waals surface area contributed by atoms with Gasteiger partial charge < -0.3 is 0 Å². The van der Waals surface area contributed by atoms with Crippen LogP contribution in [0.3, 0.4) is 0 Å². The molecule has 0 N–H and O–H groups in total. The molecule has 0 saturated carbocycles. The number of hydrogen-bond acceptors (Lipinski definition) is 2. The second-order valence-corrected chi connectivity index (χ2v) is 5.25. The van der Waals surface area contributed by atoms with Gasteiger partial charge in [-0.05, 0) is 47.6 Å².